The molecule has 0 aliphatic rings. The molecule has 6 nitrogen and oxygen atoms in total. The zero-order chi connectivity index (χ0) is 16.1. The van der Waals surface area contributed by atoms with E-state index in [-0.39, 0.29) is 0 Å². The van der Waals surface area contributed by atoms with Crippen LogP contribution in [0.5, 0.6) is 0 Å². The highest BCUT2D eigenvalue weighted by atomic mass is 16.5. The van der Waals surface area contributed by atoms with E-state index in [2.05, 4.69) is 5.32 Å². The number of imide groups is 1. The van der Waals surface area contributed by atoms with Crippen LogP contribution in [0.4, 0.5) is 4.79 Å². The Balaban J connectivity index is 2.07. The predicted octanol–water partition coefficient (Wildman–Crippen LogP) is 1.84. The van der Waals surface area contributed by atoms with E-state index in [1.165, 1.54) is 14.0 Å². The third-order valence-corrected chi connectivity index (χ3v) is 3.10. The van der Waals surface area contributed by atoms with Gasteiger partial charge in [-0.3, -0.25) is 10.1 Å². The first-order valence-corrected chi connectivity index (χ1v) is 6.73. The Morgan fingerprint density at radius 2 is 1.73 bits per heavy atom. The molecule has 2 rings (SSSR count). The third-order valence-electron chi connectivity index (χ3n) is 3.10. The normalized spacial score (nSPS) is 11.5. The number of ether oxygens (including phenoxy) is 1. The molecule has 0 fully saturated rings. The zero-order valence-electron chi connectivity index (χ0n) is 12.3. The number of esters is 1. The summed E-state index contributed by atoms with van der Waals surface area (Å²) < 4.78 is 5.06. The molecule has 0 saturated heterocycles. The lowest BCUT2D eigenvalue weighted by molar-refractivity contribution is -0.127. The van der Waals surface area contributed by atoms with Crippen molar-refractivity contribution in [2.45, 2.75) is 13.0 Å². The molecule has 0 unspecified atom stereocenters. The summed E-state index contributed by atoms with van der Waals surface area (Å²) in [7, 11) is 1.38. The number of fused-ring (bicyclic) bond motifs is 1. The van der Waals surface area contributed by atoms with Gasteiger partial charge in [-0.25, -0.2) is 9.59 Å². The Kier molecular flexibility index (Phi) is 4.73. The molecule has 0 heterocycles. The molecule has 1 atom stereocenters. The first-order chi connectivity index (χ1) is 10.5. The molecule has 0 aliphatic heterocycles. The lowest BCUT2D eigenvalue weighted by atomic mass is 10.1. The van der Waals surface area contributed by atoms with Crippen LogP contribution in [-0.2, 0) is 9.53 Å². The largest absolute Gasteiger partial charge is 0.449 e. The molecule has 2 aromatic rings. The molecule has 6 heteroatoms. The third kappa shape index (κ3) is 3.60. The van der Waals surface area contributed by atoms with Gasteiger partial charge in [0.2, 0.25) is 0 Å². The van der Waals surface area contributed by atoms with E-state index in [9.17, 15) is 14.4 Å². The minimum atomic E-state index is -1.07. The highest BCUT2D eigenvalue weighted by Crippen LogP contribution is 2.16. The summed E-state index contributed by atoms with van der Waals surface area (Å²) in [5, 5.41) is 6.20. The van der Waals surface area contributed by atoms with Crippen molar-refractivity contribution in [1.29, 1.82) is 0 Å². The van der Waals surface area contributed by atoms with Crippen molar-refractivity contribution in [1.82, 2.24) is 10.6 Å². The summed E-state index contributed by atoms with van der Waals surface area (Å²) in [4.78, 5) is 34.7. The molecule has 0 bridgehead atoms. The summed E-state index contributed by atoms with van der Waals surface area (Å²) in [6, 6.07) is 12.1. The van der Waals surface area contributed by atoms with Gasteiger partial charge in [-0.05, 0) is 29.8 Å². The number of amides is 3. The van der Waals surface area contributed by atoms with Crippen molar-refractivity contribution in [2.75, 3.05) is 7.05 Å². The molecule has 2 N–H and O–H groups in total. The summed E-state index contributed by atoms with van der Waals surface area (Å²) in [6.07, 6.45) is -1.07. The summed E-state index contributed by atoms with van der Waals surface area (Å²) >= 11 is 0. The molecule has 3 amide bonds. The number of hydrogen-bond donors (Lipinski definition) is 2. The molecule has 0 saturated carbocycles. The molecule has 22 heavy (non-hydrogen) atoms. The van der Waals surface area contributed by atoms with Crippen LogP contribution in [0.1, 0.15) is 17.3 Å². The average molecular weight is 300 g/mol. The van der Waals surface area contributed by atoms with E-state index in [1.807, 2.05) is 29.6 Å². The fraction of sp³-hybridized carbons (Fsp3) is 0.188. The van der Waals surface area contributed by atoms with Gasteiger partial charge >= 0.3 is 12.0 Å². The lowest BCUT2D eigenvalue weighted by Gasteiger charge is -2.13. The minimum absolute atomic E-state index is 0.346. The van der Waals surface area contributed by atoms with Crippen LogP contribution >= 0.6 is 0 Å². The van der Waals surface area contributed by atoms with Crippen molar-refractivity contribution < 1.29 is 19.1 Å². The summed E-state index contributed by atoms with van der Waals surface area (Å²) in [5.41, 5.74) is 0.346. The van der Waals surface area contributed by atoms with Crippen LogP contribution < -0.4 is 10.6 Å². The molecule has 114 valence electrons. The molecule has 0 aliphatic carbocycles. The van der Waals surface area contributed by atoms with Crippen LogP contribution in [0.3, 0.4) is 0 Å². The Bertz CT molecular complexity index is 727. The highest BCUT2D eigenvalue weighted by Gasteiger charge is 2.20. The molecule has 0 spiro atoms. The maximum Gasteiger partial charge on any atom is 0.338 e. The Labute approximate surface area is 127 Å². The van der Waals surface area contributed by atoms with Gasteiger partial charge in [-0.1, -0.05) is 30.3 Å². The lowest BCUT2D eigenvalue weighted by Crippen LogP contribution is -2.43. The minimum Gasteiger partial charge on any atom is -0.449 e. The summed E-state index contributed by atoms with van der Waals surface area (Å²) in [5.74, 6) is -1.31. The van der Waals surface area contributed by atoms with E-state index in [0.717, 1.165) is 10.8 Å². The topological polar surface area (TPSA) is 84.5 Å². The van der Waals surface area contributed by atoms with E-state index in [4.69, 9.17) is 4.74 Å². The highest BCUT2D eigenvalue weighted by molar-refractivity contribution is 5.99. The van der Waals surface area contributed by atoms with Gasteiger partial charge in [0, 0.05) is 7.05 Å². The fourth-order valence-electron chi connectivity index (χ4n) is 1.87. The first-order valence-electron chi connectivity index (χ1n) is 6.73. The second kappa shape index (κ2) is 6.71. The quantitative estimate of drug-likeness (QED) is 0.847. The van der Waals surface area contributed by atoms with E-state index in [0.29, 0.717) is 5.56 Å². The standard InChI is InChI=1S/C16H16N2O4/c1-10(14(19)18-16(21)17-2)22-15(20)13-8-7-11-5-3-4-6-12(11)9-13/h3-10H,1-2H3,(H2,17,18,19,21)/t10-/m0/s1. The Morgan fingerprint density at radius 1 is 1.05 bits per heavy atom. The van der Waals surface area contributed by atoms with Crippen molar-refractivity contribution in [3.8, 4) is 0 Å². The van der Waals surface area contributed by atoms with Crippen LogP contribution in [0.15, 0.2) is 42.5 Å². The number of benzene rings is 2. The molecular formula is C16H16N2O4. The number of carbonyl (C=O) groups is 3. The van der Waals surface area contributed by atoms with Crippen LogP contribution in [0.2, 0.25) is 0 Å². The molecular weight excluding hydrogens is 284 g/mol. The molecule has 0 radical (unpaired) electrons. The van der Waals surface area contributed by atoms with Gasteiger partial charge in [0.25, 0.3) is 5.91 Å². The second-order valence-electron chi connectivity index (χ2n) is 4.68. The maximum absolute atomic E-state index is 12.1. The van der Waals surface area contributed by atoms with Crippen LogP contribution in [0.25, 0.3) is 10.8 Å². The van der Waals surface area contributed by atoms with Gasteiger partial charge < -0.3 is 10.1 Å². The Hall–Kier alpha value is -2.89. The summed E-state index contributed by atoms with van der Waals surface area (Å²) in [6.45, 7) is 1.40. The van der Waals surface area contributed by atoms with Gasteiger partial charge in [-0.2, -0.15) is 0 Å². The van der Waals surface area contributed by atoms with Gasteiger partial charge in [0.05, 0.1) is 5.56 Å². The SMILES string of the molecule is CNC(=O)NC(=O)[C@H](C)OC(=O)c1ccc2ccccc2c1. The van der Waals surface area contributed by atoms with Gasteiger partial charge in [-0.15, -0.1) is 0 Å². The molecule has 2 aromatic carbocycles. The average Bonchev–Trinajstić information content (AvgIpc) is 2.53. The number of rotatable bonds is 3. The van der Waals surface area contributed by atoms with Crippen molar-refractivity contribution in [3.63, 3.8) is 0 Å². The van der Waals surface area contributed by atoms with Crippen molar-refractivity contribution in [2.24, 2.45) is 0 Å². The van der Waals surface area contributed by atoms with Gasteiger partial charge in [0.1, 0.15) is 0 Å². The Morgan fingerprint density at radius 3 is 2.41 bits per heavy atom. The van der Waals surface area contributed by atoms with Crippen molar-refractivity contribution >= 4 is 28.7 Å². The van der Waals surface area contributed by atoms with Gasteiger partial charge in [0.15, 0.2) is 6.10 Å². The predicted molar refractivity (Wildman–Crippen MR) is 81.4 cm³/mol. The maximum atomic E-state index is 12.1. The number of nitrogens with one attached hydrogen (secondary N) is 2. The zero-order valence-corrected chi connectivity index (χ0v) is 12.3. The fourth-order valence-corrected chi connectivity index (χ4v) is 1.87. The second-order valence-corrected chi connectivity index (χ2v) is 4.68. The van der Waals surface area contributed by atoms with E-state index < -0.39 is 24.0 Å². The van der Waals surface area contributed by atoms with Crippen molar-refractivity contribution in [3.05, 3.63) is 48.0 Å². The number of urea groups is 1. The number of hydrogen-bond acceptors (Lipinski definition) is 4. The smallest absolute Gasteiger partial charge is 0.338 e. The van der Waals surface area contributed by atoms with E-state index >= 15 is 0 Å². The van der Waals surface area contributed by atoms with Crippen LogP contribution in [-0.4, -0.2) is 31.1 Å². The first kappa shape index (κ1) is 15.5. The molecule has 0 aromatic heterocycles. The van der Waals surface area contributed by atoms with Crippen LogP contribution in [0, 0.1) is 0 Å². The van der Waals surface area contributed by atoms with E-state index in [1.54, 1.807) is 18.2 Å². The number of carbonyl (C=O) groups excluding carboxylic acids is 3. The monoisotopic (exact) mass is 300 g/mol.